The van der Waals surface area contributed by atoms with Gasteiger partial charge in [0.05, 0.1) is 71.2 Å². The van der Waals surface area contributed by atoms with Gasteiger partial charge in [-0.3, -0.25) is 9.59 Å². The Balaban J connectivity index is 1.33. The molecule has 4 aromatic rings. The third-order valence-corrected chi connectivity index (χ3v) is 17.5. The number of unbranched alkanes of at least 4 members (excludes halogenated alkanes) is 2. The second kappa shape index (κ2) is 24.9. The van der Waals surface area contributed by atoms with Crippen LogP contribution in [0.1, 0.15) is 76.8 Å². The smallest absolute Gasteiger partial charge is 0.333 e. The van der Waals surface area contributed by atoms with Crippen LogP contribution in [0, 0.1) is 0 Å². The fourth-order valence-electron chi connectivity index (χ4n) is 10.5. The number of ether oxygens (including phenoxy) is 5. The molecule has 2 amide bonds. The van der Waals surface area contributed by atoms with E-state index in [0.29, 0.717) is 83.8 Å². The molecule has 24 nitrogen and oxygen atoms in total. The molecule has 7 rings (SSSR count). The van der Waals surface area contributed by atoms with E-state index in [1.165, 1.54) is 19.2 Å². The van der Waals surface area contributed by atoms with Crippen LogP contribution >= 0.6 is 0 Å². The molecule has 0 N–H and O–H groups in total. The normalized spacial score (nSPS) is 18.2. The van der Waals surface area contributed by atoms with Crippen molar-refractivity contribution in [2.75, 3.05) is 85.1 Å². The number of hydroxylamine groups is 2. The van der Waals surface area contributed by atoms with Gasteiger partial charge in [0, 0.05) is 92.9 Å². The lowest BCUT2D eigenvalue weighted by Crippen LogP contribution is -2.32. The predicted octanol–water partition coefficient (Wildman–Crippen LogP) is 4.10. The summed E-state index contributed by atoms with van der Waals surface area (Å²) < 4.78 is 181. The van der Waals surface area contributed by atoms with E-state index >= 15 is 0 Å². The second-order valence-electron chi connectivity index (χ2n) is 19.8. The number of benzene rings is 4. The molecule has 28 heteroatoms. The summed E-state index contributed by atoms with van der Waals surface area (Å²) in [6, 6.07) is 8.99. The van der Waals surface area contributed by atoms with Crippen molar-refractivity contribution in [3.05, 3.63) is 83.6 Å². The number of hydrogen-bond acceptors (Lipinski definition) is 22. The van der Waals surface area contributed by atoms with Crippen molar-refractivity contribution < 1.29 is 99.4 Å². The number of anilines is 1. The number of allylic oxidation sites excluding steroid dienone is 4. The molecule has 0 aromatic heterocycles. The SMILES string of the molecule is COCCOCCOCCOCCC1(C)/C(=C\C=C\C2=[N+](CCCCCC(=O)ON3C(=O)CCC3=O)c3ccc4c(S(=O)(=O)[O-])cc(S(=O)(=O)[O-])cc4c3C2(C)C)N(CCOC)c2ccc3c(S(=O)(=O)[O-])cc(S(=O)(=O)[O-])cc3c21. The van der Waals surface area contributed by atoms with E-state index in [4.69, 9.17) is 28.5 Å². The molecule has 0 saturated carbocycles. The van der Waals surface area contributed by atoms with Crippen LogP contribution in [0.15, 0.2) is 92.0 Å². The van der Waals surface area contributed by atoms with Gasteiger partial charge >= 0.3 is 5.97 Å². The zero-order valence-corrected chi connectivity index (χ0v) is 47.7. The van der Waals surface area contributed by atoms with Gasteiger partial charge in [0.25, 0.3) is 11.8 Å². The summed E-state index contributed by atoms with van der Waals surface area (Å²) in [6.07, 6.45) is 6.08. The Morgan fingerprint density at radius 1 is 0.637 bits per heavy atom. The molecule has 1 atom stereocenters. The molecule has 1 fully saturated rings. The maximum Gasteiger partial charge on any atom is 0.333 e. The first kappa shape index (κ1) is 62.0. The van der Waals surface area contributed by atoms with E-state index in [-0.39, 0.29) is 99.8 Å². The van der Waals surface area contributed by atoms with E-state index < -0.39 is 88.7 Å². The van der Waals surface area contributed by atoms with Crippen LogP contribution in [0.2, 0.25) is 0 Å². The van der Waals surface area contributed by atoms with Crippen LogP contribution in [0.4, 0.5) is 11.4 Å². The van der Waals surface area contributed by atoms with Gasteiger partial charge in [-0.2, -0.15) is 4.58 Å². The number of amides is 2. The zero-order chi connectivity index (χ0) is 58.6. The van der Waals surface area contributed by atoms with Gasteiger partial charge in [-0.05, 0) is 104 Å². The molecule has 0 radical (unpaired) electrons. The van der Waals surface area contributed by atoms with E-state index in [9.17, 15) is 66.3 Å². The maximum atomic E-state index is 12.8. The van der Waals surface area contributed by atoms with Crippen LogP contribution in [-0.2, 0) is 94.2 Å². The minimum absolute atomic E-state index is 0.00414. The van der Waals surface area contributed by atoms with Gasteiger partial charge in [-0.25, -0.2) is 38.5 Å². The van der Waals surface area contributed by atoms with Crippen LogP contribution in [-0.4, -0.2) is 165 Å². The molecule has 1 saturated heterocycles. The summed E-state index contributed by atoms with van der Waals surface area (Å²) in [5, 5.41) is 0.175. The summed E-state index contributed by atoms with van der Waals surface area (Å²) in [5.41, 5.74) is 0.302. The molecule has 0 aliphatic carbocycles. The largest absolute Gasteiger partial charge is 0.744 e. The molecule has 80 heavy (non-hydrogen) atoms. The molecule has 0 spiro atoms. The fourth-order valence-corrected chi connectivity index (χ4v) is 13.1. The second-order valence-corrected chi connectivity index (χ2v) is 25.2. The van der Waals surface area contributed by atoms with Gasteiger partial charge in [-0.15, -0.1) is 5.06 Å². The molecule has 1 unspecified atom stereocenters. The number of carbonyl (C=O) groups is 3. The minimum atomic E-state index is -5.37. The first-order valence-corrected chi connectivity index (χ1v) is 30.8. The van der Waals surface area contributed by atoms with E-state index in [2.05, 4.69) is 0 Å². The highest BCUT2D eigenvalue weighted by Gasteiger charge is 2.47. The Labute approximate surface area is 463 Å². The molecule has 3 heterocycles. The zero-order valence-electron chi connectivity index (χ0n) is 44.4. The number of carbonyl (C=O) groups excluding carboxylic acids is 3. The number of hydrogen-bond donors (Lipinski definition) is 0. The van der Waals surface area contributed by atoms with Crippen molar-refractivity contribution in [3.8, 4) is 0 Å². The average Bonchev–Trinajstić information content (AvgIpc) is 3.96. The van der Waals surface area contributed by atoms with Crippen LogP contribution in [0.25, 0.3) is 21.5 Å². The molecule has 3 aliphatic heterocycles. The number of methoxy groups -OCH3 is 2. The Kier molecular flexibility index (Phi) is 19.3. The van der Waals surface area contributed by atoms with Crippen molar-refractivity contribution in [1.29, 1.82) is 0 Å². The van der Waals surface area contributed by atoms with Crippen molar-refractivity contribution in [1.82, 2.24) is 5.06 Å². The highest BCUT2D eigenvalue weighted by Crippen LogP contribution is 2.54. The average molecular weight is 1190 g/mol. The summed E-state index contributed by atoms with van der Waals surface area (Å²) >= 11 is 0. The van der Waals surface area contributed by atoms with Gasteiger partial charge in [-0.1, -0.05) is 12.1 Å². The predicted molar refractivity (Wildman–Crippen MR) is 281 cm³/mol. The highest BCUT2D eigenvalue weighted by atomic mass is 32.2. The monoisotopic (exact) mass is 1190 g/mol. The van der Waals surface area contributed by atoms with E-state index in [0.717, 1.165) is 12.1 Å². The highest BCUT2D eigenvalue weighted by molar-refractivity contribution is 7.87. The lowest BCUT2D eigenvalue weighted by Gasteiger charge is -2.31. The van der Waals surface area contributed by atoms with E-state index in [1.807, 2.05) is 9.48 Å². The summed E-state index contributed by atoms with van der Waals surface area (Å²) in [7, 11) is -18.4. The quantitative estimate of drug-likeness (QED) is 0.0334. The molecular formula is C52H60N3O21S4-3. The maximum absolute atomic E-state index is 12.8. The lowest BCUT2D eigenvalue weighted by atomic mass is 9.76. The van der Waals surface area contributed by atoms with Gasteiger partial charge in [0.15, 0.2) is 5.71 Å². The molecule has 436 valence electrons. The number of imide groups is 1. The van der Waals surface area contributed by atoms with Crippen molar-refractivity contribution in [2.24, 2.45) is 0 Å². The lowest BCUT2D eigenvalue weighted by molar-refractivity contribution is -0.438. The summed E-state index contributed by atoms with van der Waals surface area (Å²) in [5.74, 6) is -2.04. The van der Waals surface area contributed by atoms with Gasteiger partial charge < -0.3 is 51.6 Å². The standard InChI is InChI=1S/C52H63N3O21S4/c1-51(2)44(53(20-8-6-7-12-48(58)76-55-46(56)17-18-47(55)57)40-15-13-36-38(49(40)51)30-34(77(59,60)61)32-42(36)79(65,66)67)10-9-11-45-52(3,19-22-73-26-27-75-29-28-74-25-24-72-5)50-39-31-35(78(62,63)64)33-43(80(68,69)70)37(39)14-16-41(50)54(45)21-23-71-4/h9-11,13-16,30-33H,6-8,12,17-29H2,1-5H3,(H3-,59,60,61,62,63,64,65,66,67,68,69,70)/p-3. The Morgan fingerprint density at radius 3 is 1.70 bits per heavy atom. The number of rotatable bonds is 28. The summed E-state index contributed by atoms with van der Waals surface area (Å²) in [4.78, 5) is 39.9. The Morgan fingerprint density at radius 2 is 1.16 bits per heavy atom. The Bertz CT molecular complexity index is 3640. The minimum Gasteiger partial charge on any atom is -0.744 e. The van der Waals surface area contributed by atoms with Crippen molar-refractivity contribution in [3.63, 3.8) is 0 Å². The van der Waals surface area contributed by atoms with E-state index in [1.54, 1.807) is 58.2 Å². The molecule has 0 bridgehead atoms. The third-order valence-electron chi connectivity index (χ3n) is 14.2. The van der Waals surface area contributed by atoms with Crippen molar-refractivity contribution in [2.45, 2.75) is 96.1 Å². The Hall–Kier alpha value is -5.60. The number of fused-ring (bicyclic) bond motifs is 6. The molecular weight excluding hydrogens is 1130 g/mol. The summed E-state index contributed by atoms with van der Waals surface area (Å²) in [6.45, 7) is 7.60. The van der Waals surface area contributed by atoms with Gasteiger partial charge in [0.1, 0.15) is 47.0 Å². The third kappa shape index (κ3) is 13.5. The van der Waals surface area contributed by atoms with Crippen LogP contribution in [0.3, 0.4) is 0 Å². The fraction of sp³-hybridized carbons (Fsp3) is 0.462. The van der Waals surface area contributed by atoms with Crippen LogP contribution in [0.5, 0.6) is 0 Å². The molecule has 4 aromatic carbocycles. The molecule has 3 aliphatic rings. The topological polar surface area (TPSA) is 345 Å². The van der Waals surface area contributed by atoms with Crippen molar-refractivity contribution >= 4 is 96.9 Å². The first-order chi connectivity index (χ1) is 37.5. The first-order valence-electron chi connectivity index (χ1n) is 25.2. The van der Waals surface area contributed by atoms with Gasteiger partial charge in [0.2, 0.25) is 5.69 Å². The van der Waals surface area contributed by atoms with Crippen LogP contribution < -0.4 is 4.90 Å². The number of nitrogens with zero attached hydrogens (tertiary/aromatic N) is 3.